The maximum atomic E-state index is 12.9. The molecule has 4 amide bonds. The molecule has 2 heterocycles. The van der Waals surface area contributed by atoms with Gasteiger partial charge < -0.3 is 9.84 Å². The number of amides is 4. The number of likely N-dealkylation sites (tertiary alicyclic amines) is 1. The van der Waals surface area contributed by atoms with Crippen LogP contribution in [0.5, 0.6) is 5.75 Å². The van der Waals surface area contributed by atoms with Gasteiger partial charge in [-0.15, -0.1) is 0 Å². The molecule has 1 aromatic carbocycles. The summed E-state index contributed by atoms with van der Waals surface area (Å²) in [6.07, 6.45) is 0.132. The van der Waals surface area contributed by atoms with Crippen LogP contribution in [0.25, 0.3) is 0 Å². The van der Waals surface area contributed by atoms with E-state index in [1.165, 1.54) is 18.2 Å². The third-order valence-electron chi connectivity index (χ3n) is 4.91. The number of imide groups is 2. The molecular formula is C19H24N2O6Si. The van der Waals surface area contributed by atoms with E-state index in [2.05, 4.69) is 19.6 Å². The number of hydrogen-bond donors (Lipinski definition) is 1. The molecule has 0 radical (unpaired) electrons. The number of phenols is 1. The number of carbonyl (C=O) groups is 4. The molecule has 8 nitrogen and oxygen atoms in total. The summed E-state index contributed by atoms with van der Waals surface area (Å²) < 4.78 is 5.53. The molecule has 1 unspecified atom stereocenters. The highest BCUT2D eigenvalue weighted by atomic mass is 28.3. The Balaban J connectivity index is 1.73. The molecule has 1 saturated heterocycles. The number of fused-ring (bicyclic) bond motifs is 1. The minimum atomic E-state index is -1.30. The molecule has 28 heavy (non-hydrogen) atoms. The number of hydrogen-bond acceptors (Lipinski definition) is 6. The standard InChI is InChI=1S/C19H24N2O6Si/c1-28(2,3)9-8-27-11-20-16(23)7-6-15(19(20)26)21-17(24)13-5-4-12(22)10-14(13)18(21)25/h4-5,10,15,22H,6-9,11H2,1-3H3. The highest BCUT2D eigenvalue weighted by Crippen LogP contribution is 2.31. The quantitative estimate of drug-likeness (QED) is 0.441. The van der Waals surface area contributed by atoms with Crippen molar-refractivity contribution in [3.8, 4) is 5.75 Å². The van der Waals surface area contributed by atoms with E-state index >= 15 is 0 Å². The highest BCUT2D eigenvalue weighted by molar-refractivity contribution is 6.76. The van der Waals surface area contributed by atoms with Gasteiger partial charge in [0.2, 0.25) is 5.91 Å². The molecule has 3 rings (SSSR count). The summed E-state index contributed by atoms with van der Waals surface area (Å²) in [7, 11) is -1.30. The lowest BCUT2D eigenvalue weighted by Gasteiger charge is -2.34. The number of rotatable bonds is 6. The fourth-order valence-corrected chi connectivity index (χ4v) is 4.02. The summed E-state index contributed by atoms with van der Waals surface area (Å²) in [6.45, 7) is 6.86. The largest absolute Gasteiger partial charge is 0.508 e. The lowest BCUT2D eigenvalue weighted by Crippen LogP contribution is -2.56. The van der Waals surface area contributed by atoms with Gasteiger partial charge in [-0.05, 0) is 30.7 Å². The van der Waals surface area contributed by atoms with Crippen molar-refractivity contribution in [3.63, 3.8) is 0 Å². The molecule has 1 N–H and O–H groups in total. The molecule has 2 aliphatic heterocycles. The number of phenolic OH excluding ortho intramolecular Hbond substituents is 1. The monoisotopic (exact) mass is 404 g/mol. The number of piperidine rings is 1. The summed E-state index contributed by atoms with van der Waals surface area (Å²) in [5, 5.41) is 9.59. The predicted molar refractivity (Wildman–Crippen MR) is 102 cm³/mol. The topological polar surface area (TPSA) is 104 Å². The van der Waals surface area contributed by atoms with Crippen molar-refractivity contribution >= 4 is 31.7 Å². The first-order valence-corrected chi connectivity index (χ1v) is 12.9. The van der Waals surface area contributed by atoms with Gasteiger partial charge in [-0.25, -0.2) is 0 Å². The Morgan fingerprint density at radius 3 is 2.46 bits per heavy atom. The zero-order valence-electron chi connectivity index (χ0n) is 16.2. The van der Waals surface area contributed by atoms with E-state index in [-0.39, 0.29) is 42.4 Å². The molecule has 150 valence electrons. The molecule has 1 fully saturated rings. The van der Waals surface area contributed by atoms with Crippen molar-refractivity contribution in [1.82, 2.24) is 9.80 Å². The van der Waals surface area contributed by atoms with Gasteiger partial charge in [0.05, 0.1) is 11.1 Å². The second-order valence-corrected chi connectivity index (χ2v) is 13.9. The van der Waals surface area contributed by atoms with Gasteiger partial charge in [0, 0.05) is 21.1 Å². The Hall–Kier alpha value is -2.52. The SMILES string of the molecule is C[Si](C)(C)CCOCN1C(=O)CCC(N2C(=O)c3ccc(O)cc3C2=O)C1=O. The van der Waals surface area contributed by atoms with Gasteiger partial charge in [-0.2, -0.15) is 0 Å². The molecule has 0 spiro atoms. The maximum absolute atomic E-state index is 12.9. The molecule has 9 heteroatoms. The van der Waals surface area contributed by atoms with Gasteiger partial charge in [0.25, 0.3) is 17.7 Å². The Labute approximate surface area is 164 Å². The second-order valence-electron chi connectivity index (χ2n) is 8.27. The van der Waals surface area contributed by atoms with Gasteiger partial charge >= 0.3 is 0 Å². The average molecular weight is 404 g/mol. The van der Waals surface area contributed by atoms with Crippen molar-refractivity contribution in [3.05, 3.63) is 29.3 Å². The van der Waals surface area contributed by atoms with E-state index in [1.807, 2.05) is 0 Å². The second kappa shape index (κ2) is 7.48. The Morgan fingerprint density at radius 2 is 1.79 bits per heavy atom. The summed E-state index contributed by atoms with van der Waals surface area (Å²) in [6, 6.07) is 3.74. The molecule has 1 atom stereocenters. The van der Waals surface area contributed by atoms with Crippen molar-refractivity contribution in [2.24, 2.45) is 0 Å². The van der Waals surface area contributed by atoms with Crippen LogP contribution in [0.2, 0.25) is 25.7 Å². The van der Waals surface area contributed by atoms with Crippen LogP contribution in [0, 0.1) is 0 Å². The number of aromatic hydroxyl groups is 1. The first-order valence-electron chi connectivity index (χ1n) is 9.23. The smallest absolute Gasteiger partial charge is 0.262 e. The van der Waals surface area contributed by atoms with E-state index in [0.29, 0.717) is 6.61 Å². The minimum absolute atomic E-state index is 0.0481. The Bertz CT molecular complexity index is 847. The van der Waals surface area contributed by atoms with Crippen LogP contribution < -0.4 is 0 Å². The lowest BCUT2D eigenvalue weighted by molar-refractivity contribution is -0.157. The van der Waals surface area contributed by atoms with Crippen LogP contribution in [-0.2, 0) is 14.3 Å². The lowest BCUT2D eigenvalue weighted by atomic mass is 10.0. The number of nitrogens with zero attached hydrogens (tertiary/aromatic N) is 2. The molecule has 0 aliphatic carbocycles. The molecule has 0 saturated carbocycles. The van der Waals surface area contributed by atoms with Crippen LogP contribution in [-0.4, -0.2) is 66.0 Å². The van der Waals surface area contributed by atoms with Crippen molar-refractivity contribution in [1.29, 1.82) is 0 Å². The summed E-state index contributed by atoms with van der Waals surface area (Å²) in [4.78, 5) is 52.3. The fourth-order valence-electron chi connectivity index (χ4n) is 3.26. The number of carbonyl (C=O) groups excluding carboxylic acids is 4. The summed E-state index contributed by atoms with van der Waals surface area (Å²) in [5.74, 6) is -2.34. The van der Waals surface area contributed by atoms with Crippen LogP contribution in [0.3, 0.4) is 0 Å². The average Bonchev–Trinajstić information content (AvgIpc) is 2.84. The molecule has 1 aromatic rings. The Kier molecular flexibility index (Phi) is 5.40. The fraction of sp³-hybridized carbons (Fsp3) is 0.474. The predicted octanol–water partition coefficient (Wildman–Crippen LogP) is 1.82. The number of ether oxygens (including phenoxy) is 1. The highest BCUT2D eigenvalue weighted by Gasteiger charge is 2.47. The molecule has 0 bridgehead atoms. The first kappa shape index (κ1) is 20.2. The summed E-state index contributed by atoms with van der Waals surface area (Å²) in [5.41, 5.74) is 0.207. The van der Waals surface area contributed by atoms with Crippen LogP contribution in [0.4, 0.5) is 0 Å². The van der Waals surface area contributed by atoms with Gasteiger partial charge in [-0.1, -0.05) is 19.6 Å². The van der Waals surface area contributed by atoms with Gasteiger partial charge in [0.15, 0.2) is 0 Å². The van der Waals surface area contributed by atoms with Gasteiger partial charge in [-0.3, -0.25) is 29.0 Å². The first-order chi connectivity index (χ1) is 13.1. The zero-order chi connectivity index (χ0) is 20.6. The third kappa shape index (κ3) is 3.85. The summed E-state index contributed by atoms with van der Waals surface area (Å²) >= 11 is 0. The van der Waals surface area contributed by atoms with Crippen LogP contribution >= 0.6 is 0 Å². The van der Waals surface area contributed by atoms with E-state index < -0.39 is 31.8 Å². The van der Waals surface area contributed by atoms with E-state index in [1.54, 1.807) is 0 Å². The van der Waals surface area contributed by atoms with E-state index in [0.717, 1.165) is 15.8 Å². The van der Waals surface area contributed by atoms with Crippen molar-refractivity contribution < 1.29 is 29.0 Å². The molecule has 2 aliphatic rings. The number of benzene rings is 1. The molecular weight excluding hydrogens is 380 g/mol. The van der Waals surface area contributed by atoms with Gasteiger partial charge in [0.1, 0.15) is 18.5 Å². The van der Waals surface area contributed by atoms with E-state index in [4.69, 9.17) is 4.74 Å². The Morgan fingerprint density at radius 1 is 1.11 bits per heavy atom. The van der Waals surface area contributed by atoms with E-state index in [9.17, 15) is 24.3 Å². The van der Waals surface area contributed by atoms with Crippen LogP contribution in [0.15, 0.2) is 18.2 Å². The normalized spacial score (nSPS) is 20.2. The zero-order valence-corrected chi connectivity index (χ0v) is 17.2. The van der Waals surface area contributed by atoms with Crippen molar-refractivity contribution in [2.45, 2.75) is 44.6 Å². The van der Waals surface area contributed by atoms with Crippen molar-refractivity contribution in [2.75, 3.05) is 13.3 Å². The molecule has 0 aromatic heterocycles. The third-order valence-corrected chi connectivity index (χ3v) is 6.62. The minimum Gasteiger partial charge on any atom is -0.508 e. The maximum Gasteiger partial charge on any atom is 0.262 e. The van der Waals surface area contributed by atoms with Crippen LogP contribution in [0.1, 0.15) is 33.6 Å².